The molecule has 1 aliphatic rings. The Morgan fingerprint density at radius 3 is 2.88 bits per heavy atom. The lowest BCUT2D eigenvalue weighted by atomic mass is 10.2. The molecule has 1 unspecified atom stereocenters. The molecule has 1 saturated heterocycles. The molecule has 0 aromatic heterocycles. The summed E-state index contributed by atoms with van der Waals surface area (Å²) in [7, 11) is 4.26. The lowest BCUT2D eigenvalue weighted by molar-refractivity contribution is -0.0251. The zero-order valence-electron chi connectivity index (χ0n) is 11.7. The molecule has 102 valence electrons. The van der Waals surface area contributed by atoms with Crippen LogP contribution in [-0.4, -0.2) is 75.9 Å². The van der Waals surface area contributed by atoms with E-state index in [0.29, 0.717) is 6.10 Å². The van der Waals surface area contributed by atoms with E-state index in [-0.39, 0.29) is 0 Å². The highest BCUT2D eigenvalue weighted by Crippen LogP contribution is 2.03. The van der Waals surface area contributed by atoms with Crippen LogP contribution in [0.5, 0.6) is 0 Å². The van der Waals surface area contributed by atoms with Gasteiger partial charge < -0.3 is 15.0 Å². The molecular formula is C13H29N3O. The number of hydrogen-bond donors (Lipinski definition) is 1. The number of hydrogen-bond acceptors (Lipinski definition) is 4. The van der Waals surface area contributed by atoms with Gasteiger partial charge in [-0.2, -0.15) is 0 Å². The second-order valence-corrected chi connectivity index (χ2v) is 5.10. The second-order valence-electron chi connectivity index (χ2n) is 5.10. The van der Waals surface area contributed by atoms with Crippen LogP contribution in [0.4, 0.5) is 0 Å². The Morgan fingerprint density at radius 1 is 1.35 bits per heavy atom. The number of likely N-dealkylation sites (N-methyl/N-ethyl adjacent to an activating group) is 1. The number of rotatable bonds is 8. The Kier molecular flexibility index (Phi) is 7.77. The van der Waals surface area contributed by atoms with Gasteiger partial charge in [-0.25, -0.2) is 0 Å². The molecule has 0 saturated carbocycles. The van der Waals surface area contributed by atoms with E-state index >= 15 is 0 Å². The Labute approximate surface area is 106 Å². The third kappa shape index (κ3) is 6.99. The van der Waals surface area contributed by atoms with Gasteiger partial charge in [-0.1, -0.05) is 6.92 Å². The maximum absolute atomic E-state index is 5.74. The fraction of sp³-hybridized carbons (Fsp3) is 1.00. The minimum atomic E-state index is 0.387. The van der Waals surface area contributed by atoms with Gasteiger partial charge in [0.05, 0.1) is 12.7 Å². The van der Waals surface area contributed by atoms with Crippen molar-refractivity contribution in [3.63, 3.8) is 0 Å². The lowest BCUT2D eigenvalue weighted by Gasteiger charge is -2.32. The van der Waals surface area contributed by atoms with Crippen LogP contribution in [0.1, 0.15) is 19.8 Å². The normalized spacial score (nSPS) is 22.2. The Balaban J connectivity index is 1.95. The first kappa shape index (κ1) is 14.9. The van der Waals surface area contributed by atoms with Gasteiger partial charge in [-0.15, -0.1) is 0 Å². The first-order chi connectivity index (χ1) is 8.22. The van der Waals surface area contributed by atoms with Crippen molar-refractivity contribution in [3.05, 3.63) is 0 Å². The van der Waals surface area contributed by atoms with Crippen molar-refractivity contribution in [1.29, 1.82) is 0 Å². The van der Waals surface area contributed by atoms with Gasteiger partial charge in [0.1, 0.15) is 0 Å². The predicted molar refractivity (Wildman–Crippen MR) is 72.5 cm³/mol. The molecule has 0 aliphatic carbocycles. The van der Waals surface area contributed by atoms with Crippen LogP contribution >= 0.6 is 0 Å². The maximum atomic E-state index is 5.74. The van der Waals surface area contributed by atoms with Crippen LogP contribution in [0.15, 0.2) is 0 Å². The van der Waals surface area contributed by atoms with Crippen LogP contribution in [0.25, 0.3) is 0 Å². The van der Waals surface area contributed by atoms with Crippen molar-refractivity contribution >= 4 is 0 Å². The molecule has 0 bridgehead atoms. The van der Waals surface area contributed by atoms with Crippen molar-refractivity contribution in [2.45, 2.75) is 25.9 Å². The molecule has 1 N–H and O–H groups in total. The van der Waals surface area contributed by atoms with Crippen LogP contribution < -0.4 is 5.32 Å². The molecule has 4 nitrogen and oxygen atoms in total. The summed E-state index contributed by atoms with van der Waals surface area (Å²) in [5, 5.41) is 3.50. The number of morpholine rings is 1. The largest absolute Gasteiger partial charge is 0.374 e. The van der Waals surface area contributed by atoms with Gasteiger partial charge in [0, 0.05) is 19.6 Å². The summed E-state index contributed by atoms with van der Waals surface area (Å²) >= 11 is 0. The summed E-state index contributed by atoms with van der Waals surface area (Å²) in [5.74, 6) is 0. The summed E-state index contributed by atoms with van der Waals surface area (Å²) in [6, 6.07) is 0. The summed E-state index contributed by atoms with van der Waals surface area (Å²) in [6.45, 7) is 9.72. The van der Waals surface area contributed by atoms with Crippen LogP contribution in [-0.2, 0) is 4.74 Å². The van der Waals surface area contributed by atoms with E-state index in [9.17, 15) is 0 Å². The monoisotopic (exact) mass is 243 g/mol. The van der Waals surface area contributed by atoms with Crippen molar-refractivity contribution in [2.24, 2.45) is 0 Å². The zero-order valence-corrected chi connectivity index (χ0v) is 11.7. The van der Waals surface area contributed by atoms with Gasteiger partial charge in [0.25, 0.3) is 0 Å². The SMILES string of the molecule is CCN1CCOC(CNCCCCN(C)C)C1. The minimum Gasteiger partial charge on any atom is -0.374 e. The molecule has 1 rings (SSSR count). The number of nitrogens with one attached hydrogen (secondary N) is 1. The topological polar surface area (TPSA) is 27.7 Å². The van der Waals surface area contributed by atoms with Crippen molar-refractivity contribution in [3.8, 4) is 0 Å². The smallest absolute Gasteiger partial charge is 0.0826 e. The molecule has 4 heteroatoms. The average molecular weight is 243 g/mol. The van der Waals surface area contributed by atoms with Gasteiger partial charge >= 0.3 is 0 Å². The fourth-order valence-electron chi connectivity index (χ4n) is 2.13. The number of unbranched alkanes of at least 4 members (excludes halogenated alkanes) is 1. The second kappa shape index (κ2) is 8.86. The van der Waals surface area contributed by atoms with E-state index in [2.05, 4.69) is 36.1 Å². The maximum Gasteiger partial charge on any atom is 0.0826 e. The van der Waals surface area contributed by atoms with E-state index in [1.165, 1.54) is 19.4 Å². The van der Waals surface area contributed by atoms with E-state index in [1.54, 1.807) is 0 Å². The first-order valence-corrected chi connectivity index (χ1v) is 6.91. The van der Waals surface area contributed by atoms with Crippen LogP contribution in [0.2, 0.25) is 0 Å². The van der Waals surface area contributed by atoms with Crippen LogP contribution in [0.3, 0.4) is 0 Å². The molecule has 0 aromatic rings. The van der Waals surface area contributed by atoms with E-state index < -0.39 is 0 Å². The first-order valence-electron chi connectivity index (χ1n) is 6.91. The van der Waals surface area contributed by atoms with Crippen molar-refractivity contribution in [1.82, 2.24) is 15.1 Å². The lowest BCUT2D eigenvalue weighted by Crippen LogP contribution is -2.46. The van der Waals surface area contributed by atoms with E-state index in [4.69, 9.17) is 4.74 Å². The van der Waals surface area contributed by atoms with E-state index in [1.807, 2.05) is 0 Å². The highest BCUT2D eigenvalue weighted by molar-refractivity contribution is 4.72. The average Bonchev–Trinajstić information content (AvgIpc) is 2.33. The zero-order chi connectivity index (χ0) is 12.5. The van der Waals surface area contributed by atoms with Gasteiger partial charge in [-0.05, 0) is 46.6 Å². The third-order valence-electron chi connectivity index (χ3n) is 3.25. The minimum absolute atomic E-state index is 0.387. The standard InChI is InChI=1S/C13H29N3O/c1-4-16-9-10-17-13(12-16)11-14-7-5-6-8-15(2)3/h13-14H,4-12H2,1-3H3. The van der Waals surface area contributed by atoms with Gasteiger partial charge in [-0.3, -0.25) is 4.90 Å². The molecule has 0 radical (unpaired) electrons. The molecule has 17 heavy (non-hydrogen) atoms. The third-order valence-corrected chi connectivity index (χ3v) is 3.25. The summed E-state index contributed by atoms with van der Waals surface area (Å²) < 4.78 is 5.74. The van der Waals surface area contributed by atoms with Crippen LogP contribution in [0, 0.1) is 0 Å². The number of ether oxygens (including phenoxy) is 1. The Hall–Kier alpha value is -0.160. The summed E-state index contributed by atoms with van der Waals surface area (Å²) in [5.41, 5.74) is 0. The molecule has 1 fully saturated rings. The molecule has 0 amide bonds. The highest BCUT2D eigenvalue weighted by Gasteiger charge is 2.18. The molecule has 1 aliphatic heterocycles. The molecular weight excluding hydrogens is 214 g/mol. The summed E-state index contributed by atoms with van der Waals surface area (Å²) in [4.78, 5) is 4.70. The van der Waals surface area contributed by atoms with Crippen molar-refractivity contribution < 1.29 is 4.74 Å². The van der Waals surface area contributed by atoms with Gasteiger partial charge in [0.2, 0.25) is 0 Å². The highest BCUT2D eigenvalue weighted by atomic mass is 16.5. The fourth-order valence-corrected chi connectivity index (χ4v) is 2.13. The molecule has 1 atom stereocenters. The van der Waals surface area contributed by atoms with E-state index in [0.717, 1.165) is 39.3 Å². The Morgan fingerprint density at radius 2 is 2.18 bits per heavy atom. The molecule has 1 heterocycles. The van der Waals surface area contributed by atoms with Crippen molar-refractivity contribution in [2.75, 3.05) is 60.0 Å². The Bertz CT molecular complexity index is 188. The molecule has 0 aromatic carbocycles. The molecule has 0 spiro atoms. The number of nitrogens with zero attached hydrogens (tertiary/aromatic N) is 2. The van der Waals surface area contributed by atoms with Gasteiger partial charge in [0.15, 0.2) is 0 Å². The summed E-state index contributed by atoms with van der Waals surface area (Å²) in [6.07, 6.45) is 2.91. The predicted octanol–water partition coefficient (Wildman–Crippen LogP) is 0.639. The quantitative estimate of drug-likeness (QED) is 0.633.